The largest absolute Gasteiger partial charge is 0.495 e. The summed E-state index contributed by atoms with van der Waals surface area (Å²) in [5, 5.41) is 0. The fraction of sp³-hybridized carbons (Fsp3) is 0.300. The molecule has 16 heavy (non-hydrogen) atoms. The molecule has 0 unspecified atom stereocenters. The summed E-state index contributed by atoms with van der Waals surface area (Å²) >= 11 is 0. The lowest BCUT2D eigenvalue weighted by molar-refractivity contribution is 0.368. The van der Waals surface area contributed by atoms with E-state index in [1.54, 1.807) is 12.3 Å². The van der Waals surface area contributed by atoms with Crippen LogP contribution in [0.15, 0.2) is 18.5 Å². The van der Waals surface area contributed by atoms with Crippen molar-refractivity contribution in [2.45, 2.75) is 0 Å². The summed E-state index contributed by atoms with van der Waals surface area (Å²) in [4.78, 5) is 3.88. The second kappa shape index (κ2) is 5.49. The highest BCUT2D eigenvalue weighted by molar-refractivity contribution is 7.85. The zero-order valence-electron chi connectivity index (χ0n) is 8.93. The monoisotopic (exact) mass is 241 g/mol. The first-order valence-corrected chi connectivity index (χ1v) is 6.16. The number of nitrogens with zero attached hydrogens (tertiary/aromatic N) is 1. The van der Waals surface area contributed by atoms with Crippen molar-refractivity contribution in [1.82, 2.24) is 4.98 Å². The topological polar surface area (TPSA) is 65.5 Å². The minimum Gasteiger partial charge on any atom is -0.495 e. The van der Waals surface area contributed by atoms with Gasteiger partial charge in [-0.15, -0.1) is 0 Å². The van der Waals surface area contributed by atoms with Crippen LogP contribution >= 0.6 is 0 Å². The van der Waals surface area contributed by atoms with Crippen LogP contribution in [0.5, 0.6) is 5.75 Å². The van der Waals surface area contributed by atoms with Crippen LogP contribution in [0.2, 0.25) is 0 Å². The van der Waals surface area contributed by atoms with Crippen molar-refractivity contribution in [2.24, 2.45) is 0 Å². The van der Waals surface area contributed by atoms with E-state index in [-0.39, 0.29) is 6.61 Å². The summed E-state index contributed by atoms with van der Waals surface area (Å²) in [5.41, 5.74) is 0.585. The number of rotatable bonds is 3. The third-order valence-corrected chi connectivity index (χ3v) is 2.12. The minimum atomic E-state index is -3.44. The maximum atomic E-state index is 10.6. The van der Waals surface area contributed by atoms with E-state index in [1.807, 2.05) is 0 Å². The van der Waals surface area contributed by atoms with Gasteiger partial charge in [0.1, 0.15) is 12.4 Å². The van der Waals surface area contributed by atoms with E-state index >= 15 is 0 Å². The molecule has 0 fully saturated rings. The van der Waals surface area contributed by atoms with Crippen LogP contribution in [0.25, 0.3) is 0 Å². The molecule has 1 aromatic rings. The van der Waals surface area contributed by atoms with Crippen molar-refractivity contribution in [3.05, 3.63) is 24.0 Å². The lowest BCUT2D eigenvalue weighted by Gasteiger charge is -2.00. The molecule has 0 radical (unpaired) electrons. The molecule has 0 aromatic carbocycles. The highest BCUT2D eigenvalue weighted by Gasteiger charge is 1.99. The van der Waals surface area contributed by atoms with Gasteiger partial charge in [-0.1, -0.05) is 11.8 Å². The molecule has 0 spiro atoms. The number of hydrogen-bond donors (Lipinski definition) is 0. The number of methoxy groups -OCH3 is 1. The second-order valence-electron chi connectivity index (χ2n) is 2.84. The molecule has 1 aromatic heterocycles. The molecule has 1 rings (SSSR count). The molecule has 0 N–H and O–H groups in total. The molecule has 0 aliphatic rings. The Morgan fingerprint density at radius 1 is 1.50 bits per heavy atom. The summed E-state index contributed by atoms with van der Waals surface area (Å²) in [5.74, 6) is 5.86. The standard InChI is InChI=1S/C10H11NO4S/c1-14-10-5-6-11-8-9(10)4-3-7-15-16(2,12)13/h5-6,8H,7H2,1-2H3. The predicted octanol–water partition coefficient (Wildman–Crippen LogP) is 0.418. The molecular formula is C10H11NO4S. The molecule has 0 saturated carbocycles. The first-order valence-electron chi connectivity index (χ1n) is 4.34. The zero-order valence-corrected chi connectivity index (χ0v) is 9.74. The van der Waals surface area contributed by atoms with Gasteiger partial charge in [0.2, 0.25) is 0 Å². The Balaban J connectivity index is 2.70. The van der Waals surface area contributed by atoms with E-state index < -0.39 is 10.1 Å². The second-order valence-corrected chi connectivity index (χ2v) is 4.49. The average Bonchev–Trinajstić information content (AvgIpc) is 2.23. The van der Waals surface area contributed by atoms with Gasteiger partial charge in [-0.3, -0.25) is 9.17 Å². The van der Waals surface area contributed by atoms with Gasteiger partial charge in [0.05, 0.1) is 18.9 Å². The molecule has 0 saturated heterocycles. The van der Waals surface area contributed by atoms with Crippen molar-refractivity contribution in [3.63, 3.8) is 0 Å². The Hall–Kier alpha value is -1.58. The van der Waals surface area contributed by atoms with Gasteiger partial charge in [-0.25, -0.2) is 0 Å². The van der Waals surface area contributed by atoms with Gasteiger partial charge in [-0.2, -0.15) is 8.42 Å². The molecule has 0 aliphatic carbocycles. The van der Waals surface area contributed by atoms with Crippen LogP contribution in [-0.4, -0.2) is 33.4 Å². The van der Waals surface area contributed by atoms with E-state index in [4.69, 9.17) is 4.74 Å². The van der Waals surface area contributed by atoms with Crippen LogP contribution in [0.4, 0.5) is 0 Å². The summed E-state index contributed by atoms with van der Waals surface area (Å²) in [6.45, 7) is -0.184. The normalized spacial score (nSPS) is 10.4. The van der Waals surface area contributed by atoms with E-state index in [0.29, 0.717) is 11.3 Å². The van der Waals surface area contributed by atoms with Crippen LogP contribution in [0, 0.1) is 11.8 Å². The molecule has 0 amide bonds. The summed E-state index contributed by atoms with van der Waals surface area (Å²) < 4.78 is 30.8. The average molecular weight is 241 g/mol. The Morgan fingerprint density at radius 3 is 2.88 bits per heavy atom. The SMILES string of the molecule is COc1ccncc1C#CCOS(C)(=O)=O. The molecular weight excluding hydrogens is 230 g/mol. The number of pyridine rings is 1. The Kier molecular flexibility index (Phi) is 4.28. The number of aromatic nitrogens is 1. The maximum absolute atomic E-state index is 10.6. The van der Waals surface area contributed by atoms with Crippen molar-refractivity contribution < 1.29 is 17.3 Å². The van der Waals surface area contributed by atoms with Crippen molar-refractivity contribution in [3.8, 4) is 17.6 Å². The van der Waals surface area contributed by atoms with Crippen LogP contribution in [0.1, 0.15) is 5.56 Å². The van der Waals surface area contributed by atoms with Gasteiger partial charge < -0.3 is 4.74 Å². The fourth-order valence-electron chi connectivity index (χ4n) is 0.921. The molecule has 5 nitrogen and oxygen atoms in total. The molecule has 0 atom stereocenters. The van der Waals surface area contributed by atoms with Gasteiger partial charge in [0.15, 0.2) is 0 Å². The third-order valence-electron chi connectivity index (χ3n) is 1.57. The smallest absolute Gasteiger partial charge is 0.265 e. The molecule has 86 valence electrons. The zero-order chi connectivity index (χ0) is 12.0. The summed E-state index contributed by atoms with van der Waals surface area (Å²) in [7, 11) is -1.92. The van der Waals surface area contributed by atoms with Gasteiger partial charge >= 0.3 is 0 Å². The van der Waals surface area contributed by atoms with Crippen molar-refractivity contribution in [2.75, 3.05) is 20.0 Å². The highest BCUT2D eigenvalue weighted by Crippen LogP contribution is 2.13. The fourth-order valence-corrected chi connectivity index (χ4v) is 1.19. The lowest BCUT2D eigenvalue weighted by atomic mass is 10.2. The Labute approximate surface area is 94.5 Å². The highest BCUT2D eigenvalue weighted by atomic mass is 32.2. The molecule has 0 aliphatic heterocycles. The Bertz CT molecular complexity index is 513. The Morgan fingerprint density at radius 2 is 2.25 bits per heavy atom. The minimum absolute atomic E-state index is 0.184. The van der Waals surface area contributed by atoms with Crippen LogP contribution in [-0.2, 0) is 14.3 Å². The first-order chi connectivity index (χ1) is 7.53. The van der Waals surface area contributed by atoms with Gasteiger partial charge in [-0.05, 0) is 6.07 Å². The van der Waals surface area contributed by atoms with E-state index in [0.717, 1.165) is 6.26 Å². The summed E-state index contributed by atoms with van der Waals surface area (Å²) in [6, 6.07) is 1.67. The lowest BCUT2D eigenvalue weighted by Crippen LogP contribution is -2.02. The molecule has 1 heterocycles. The quantitative estimate of drug-likeness (QED) is 0.566. The maximum Gasteiger partial charge on any atom is 0.265 e. The third kappa shape index (κ3) is 4.29. The first kappa shape index (κ1) is 12.5. The van der Waals surface area contributed by atoms with E-state index in [9.17, 15) is 8.42 Å². The summed E-state index contributed by atoms with van der Waals surface area (Å²) in [6.07, 6.45) is 4.09. The van der Waals surface area contributed by atoms with Crippen molar-refractivity contribution in [1.29, 1.82) is 0 Å². The van der Waals surface area contributed by atoms with Crippen LogP contribution in [0.3, 0.4) is 0 Å². The number of hydrogen-bond acceptors (Lipinski definition) is 5. The van der Waals surface area contributed by atoms with E-state index in [2.05, 4.69) is 21.0 Å². The van der Waals surface area contributed by atoms with Gasteiger partial charge in [0.25, 0.3) is 10.1 Å². The molecule has 6 heteroatoms. The predicted molar refractivity (Wildman–Crippen MR) is 58.5 cm³/mol. The van der Waals surface area contributed by atoms with Gasteiger partial charge in [0, 0.05) is 12.4 Å². The van der Waals surface area contributed by atoms with Crippen LogP contribution < -0.4 is 4.74 Å². The molecule has 0 bridgehead atoms. The van der Waals surface area contributed by atoms with E-state index in [1.165, 1.54) is 13.3 Å². The van der Waals surface area contributed by atoms with Crippen molar-refractivity contribution >= 4 is 10.1 Å². The number of ether oxygens (including phenoxy) is 1.